The summed E-state index contributed by atoms with van der Waals surface area (Å²) in [4.78, 5) is 50.6. The normalized spacial score (nSPS) is 13.8. The molecule has 2 aromatic carbocycles. The molecular formula is C27H37ClN6O10. The van der Waals surface area contributed by atoms with Gasteiger partial charge in [0.25, 0.3) is 5.91 Å². The molecule has 1 aliphatic heterocycles. The maximum Gasteiger partial charge on any atom is 0.411 e. The first-order valence-electron chi connectivity index (χ1n) is 13.1. The molecule has 0 aromatic heterocycles. The number of amides is 4. The first kappa shape index (κ1) is 35.5. The number of nitrogens with zero attached hydrogens (tertiary/aromatic N) is 2. The van der Waals surface area contributed by atoms with Crippen molar-refractivity contribution in [2.45, 2.75) is 0 Å². The highest BCUT2D eigenvalue weighted by molar-refractivity contribution is 5.96. The highest BCUT2D eigenvalue weighted by atomic mass is 35.5. The summed E-state index contributed by atoms with van der Waals surface area (Å²) < 4.78 is 20.0. The fourth-order valence-electron chi connectivity index (χ4n) is 4.43. The number of anilines is 4. The van der Waals surface area contributed by atoms with E-state index in [1.807, 2.05) is 11.9 Å². The van der Waals surface area contributed by atoms with Crippen molar-refractivity contribution < 1.29 is 65.2 Å². The van der Waals surface area contributed by atoms with Crippen LogP contribution in [0.15, 0.2) is 24.3 Å². The maximum atomic E-state index is 12.9. The van der Waals surface area contributed by atoms with Gasteiger partial charge in [-0.05, 0) is 0 Å². The number of rotatable bonds is 10. The van der Waals surface area contributed by atoms with E-state index in [2.05, 4.69) is 30.7 Å². The highest BCUT2D eigenvalue weighted by Gasteiger charge is 2.32. The van der Waals surface area contributed by atoms with E-state index in [0.29, 0.717) is 30.7 Å². The van der Waals surface area contributed by atoms with Gasteiger partial charge in [-0.25, -0.2) is 9.59 Å². The van der Waals surface area contributed by atoms with Crippen molar-refractivity contribution in [2.75, 3.05) is 96.0 Å². The lowest BCUT2D eigenvalue weighted by Gasteiger charge is -2.41. The average molecular weight is 641 g/mol. The first-order chi connectivity index (χ1) is 20.4. The number of benzene rings is 2. The minimum Gasteiger partial charge on any atom is -1.00 e. The number of halogens is 1. The van der Waals surface area contributed by atoms with Crippen LogP contribution in [-0.4, -0.2) is 118 Å². The van der Waals surface area contributed by atoms with Gasteiger partial charge in [-0.3, -0.25) is 25.1 Å². The zero-order valence-electron chi connectivity index (χ0n) is 25.0. The molecule has 0 bridgehead atoms. The van der Waals surface area contributed by atoms with Gasteiger partial charge in [-0.15, -0.1) is 0 Å². The van der Waals surface area contributed by atoms with Gasteiger partial charge in [-0.1, -0.05) is 0 Å². The summed E-state index contributed by atoms with van der Waals surface area (Å²) in [5.74, 6) is -0.817. The Morgan fingerprint density at radius 1 is 0.727 bits per heavy atom. The molecule has 0 atom stereocenters. The van der Waals surface area contributed by atoms with Crippen LogP contribution in [0.3, 0.4) is 0 Å². The molecule has 1 aliphatic rings. The van der Waals surface area contributed by atoms with Gasteiger partial charge in [0.1, 0.15) is 23.0 Å². The molecule has 6 N–H and O–H groups in total. The van der Waals surface area contributed by atoms with E-state index in [1.54, 1.807) is 0 Å². The summed E-state index contributed by atoms with van der Waals surface area (Å²) in [7, 11) is 7.09. The second kappa shape index (κ2) is 15.7. The Labute approximate surface area is 260 Å². The standard InChI is InChI=1S/C27H36N6O10.ClH/c1-33(15-25(37)29-17-13-23(41-3)19(11-21(17)35)31-27(39)43-5)8-6-32(7-9-33)14-24(36)28-16-12-22(40-2)18(10-20(16)34)30-26(38)42-4;/h10-13H,6-9,14-15H2,1-5H3,(H5-,28,29,30,31,34,35,36,37,38,39);1H. The van der Waals surface area contributed by atoms with Crippen LogP contribution in [0.25, 0.3) is 0 Å². The molecule has 16 nitrogen and oxygen atoms in total. The number of phenolic OH excluding ortho intramolecular Hbond substituents is 2. The number of hydrogen-bond acceptors (Lipinski definition) is 11. The summed E-state index contributed by atoms with van der Waals surface area (Å²) >= 11 is 0. The van der Waals surface area contributed by atoms with E-state index in [1.165, 1.54) is 52.7 Å². The van der Waals surface area contributed by atoms with Crippen molar-refractivity contribution in [3.63, 3.8) is 0 Å². The second-order valence-electron chi connectivity index (χ2n) is 9.97. The number of carbonyl (C=O) groups excluding carboxylic acids is 4. The molecule has 0 spiro atoms. The van der Waals surface area contributed by atoms with Crippen LogP contribution in [0, 0.1) is 0 Å². The summed E-state index contributed by atoms with van der Waals surface area (Å²) in [6.45, 7) is 2.37. The van der Waals surface area contributed by atoms with E-state index < -0.39 is 12.2 Å². The van der Waals surface area contributed by atoms with Gasteiger partial charge in [0.15, 0.2) is 6.54 Å². The molecule has 1 fully saturated rings. The Balaban J connectivity index is 0.00000675. The number of piperazine rings is 1. The monoisotopic (exact) mass is 640 g/mol. The number of ether oxygens (including phenoxy) is 4. The maximum absolute atomic E-state index is 12.9. The van der Waals surface area contributed by atoms with Gasteiger partial charge in [0.2, 0.25) is 5.91 Å². The quantitative estimate of drug-likeness (QED) is 0.135. The molecule has 1 saturated heterocycles. The van der Waals surface area contributed by atoms with Gasteiger partial charge in [0, 0.05) is 37.4 Å². The molecule has 242 valence electrons. The molecule has 0 saturated carbocycles. The second-order valence-corrected chi connectivity index (χ2v) is 9.97. The van der Waals surface area contributed by atoms with E-state index in [4.69, 9.17) is 9.47 Å². The summed E-state index contributed by atoms with van der Waals surface area (Å²) in [6.07, 6.45) is -1.49. The molecule has 2 aromatic rings. The summed E-state index contributed by atoms with van der Waals surface area (Å²) in [5.41, 5.74) is 0.573. The molecule has 3 rings (SSSR count). The first-order valence-corrected chi connectivity index (χ1v) is 13.1. The van der Waals surface area contributed by atoms with E-state index in [9.17, 15) is 29.4 Å². The van der Waals surface area contributed by atoms with Crippen LogP contribution in [0.5, 0.6) is 23.0 Å². The SMILES string of the molecule is COC(=O)Nc1cc(O)c(NC(=O)CN2CC[N+](C)(CC(=O)Nc3cc(OC)c(NC(=O)OC)cc3O)CC2)cc1OC.[Cl-]. The number of phenols is 2. The highest BCUT2D eigenvalue weighted by Crippen LogP contribution is 2.37. The van der Waals surface area contributed by atoms with E-state index in [-0.39, 0.29) is 83.1 Å². The van der Waals surface area contributed by atoms with Crippen LogP contribution in [0.4, 0.5) is 32.3 Å². The predicted octanol–water partition coefficient (Wildman–Crippen LogP) is -1.18. The molecular weight excluding hydrogens is 604 g/mol. The Kier molecular flexibility index (Phi) is 12.7. The van der Waals surface area contributed by atoms with Crippen LogP contribution in [-0.2, 0) is 19.1 Å². The number of carbonyl (C=O) groups is 4. The molecule has 0 radical (unpaired) electrons. The molecule has 0 aliphatic carbocycles. The Morgan fingerprint density at radius 3 is 1.57 bits per heavy atom. The number of quaternary nitrogens is 1. The van der Waals surface area contributed by atoms with Gasteiger partial charge >= 0.3 is 12.2 Å². The average Bonchev–Trinajstić information content (AvgIpc) is 2.96. The lowest BCUT2D eigenvalue weighted by atomic mass is 10.2. The van der Waals surface area contributed by atoms with Crippen molar-refractivity contribution in [1.82, 2.24) is 4.90 Å². The molecule has 0 unspecified atom stereocenters. The van der Waals surface area contributed by atoms with Crippen molar-refractivity contribution in [2.24, 2.45) is 0 Å². The van der Waals surface area contributed by atoms with E-state index in [0.717, 1.165) is 0 Å². The Bertz CT molecular complexity index is 1370. The third-order valence-electron chi connectivity index (χ3n) is 6.83. The summed E-state index contributed by atoms with van der Waals surface area (Å²) in [5, 5.41) is 30.9. The van der Waals surface area contributed by atoms with Crippen molar-refractivity contribution in [3.8, 4) is 23.0 Å². The zero-order chi connectivity index (χ0) is 31.7. The minimum atomic E-state index is -0.746. The lowest BCUT2D eigenvalue weighted by molar-refractivity contribution is -0.905. The topological polar surface area (TPSA) is 197 Å². The molecule has 17 heteroatoms. The van der Waals surface area contributed by atoms with E-state index >= 15 is 0 Å². The van der Waals surface area contributed by atoms with Crippen LogP contribution in [0.2, 0.25) is 0 Å². The van der Waals surface area contributed by atoms with Gasteiger partial charge in [-0.2, -0.15) is 0 Å². The smallest absolute Gasteiger partial charge is 0.411 e. The number of nitrogens with one attached hydrogen (secondary N) is 4. The van der Waals surface area contributed by atoms with Crippen molar-refractivity contribution in [1.29, 1.82) is 0 Å². The van der Waals surface area contributed by atoms with Crippen molar-refractivity contribution >= 4 is 46.8 Å². The molecule has 4 amide bonds. The Hall–Kier alpha value is -4.67. The number of aromatic hydroxyl groups is 2. The fourth-order valence-corrected chi connectivity index (χ4v) is 4.43. The fraction of sp³-hybridized carbons (Fsp3) is 0.407. The molecule has 1 heterocycles. The lowest BCUT2D eigenvalue weighted by Crippen LogP contribution is -3.00. The Morgan fingerprint density at radius 2 is 1.16 bits per heavy atom. The third-order valence-corrected chi connectivity index (χ3v) is 6.83. The number of hydrogen-bond donors (Lipinski definition) is 6. The molecule has 44 heavy (non-hydrogen) atoms. The van der Waals surface area contributed by atoms with Crippen LogP contribution >= 0.6 is 0 Å². The zero-order valence-corrected chi connectivity index (χ0v) is 25.7. The minimum absolute atomic E-state index is 0. The third kappa shape index (κ3) is 9.42. The van der Waals surface area contributed by atoms with Crippen LogP contribution < -0.4 is 43.1 Å². The number of likely N-dealkylation sites (N-methyl/N-ethyl adjacent to an activating group) is 1. The van der Waals surface area contributed by atoms with Crippen molar-refractivity contribution in [3.05, 3.63) is 24.3 Å². The van der Waals surface area contributed by atoms with Gasteiger partial charge < -0.3 is 56.7 Å². The van der Waals surface area contributed by atoms with Crippen LogP contribution in [0.1, 0.15) is 0 Å². The van der Waals surface area contributed by atoms with Gasteiger partial charge in [0.05, 0.1) is 77.9 Å². The number of methoxy groups -OCH3 is 4. The summed E-state index contributed by atoms with van der Waals surface area (Å²) in [6, 6.07) is 5.27. The largest absolute Gasteiger partial charge is 1.00 e. The predicted molar refractivity (Wildman–Crippen MR) is 156 cm³/mol.